The predicted octanol–water partition coefficient (Wildman–Crippen LogP) is 6.54. The van der Waals surface area contributed by atoms with E-state index in [1.54, 1.807) is 0 Å². The molecule has 0 unspecified atom stereocenters. The first kappa shape index (κ1) is 18.1. The van der Waals surface area contributed by atoms with E-state index >= 15 is 0 Å². The molecule has 2 saturated carbocycles. The molecule has 0 saturated heterocycles. The lowest BCUT2D eigenvalue weighted by molar-refractivity contribution is 0.420. The Morgan fingerprint density at radius 3 is 2.00 bits per heavy atom. The van der Waals surface area contributed by atoms with Crippen molar-refractivity contribution in [3.8, 4) is 0 Å². The van der Waals surface area contributed by atoms with Gasteiger partial charge >= 0.3 is 0 Å². The minimum absolute atomic E-state index is 0.622. The molecular formula is C21H34N2S. The number of allylic oxidation sites excluding steroid dienone is 3. The number of hydrogen-bond acceptors (Lipinski definition) is 3. The Bertz CT molecular complexity index is 464. The Labute approximate surface area is 152 Å². The maximum absolute atomic E-state index is 8.34. The highest BCUT2D eigenvalue weighted by molar-refractivity contribution is 8.08. The molecule has 1 aliphatic heterocycles. The van der Waals surface area contributed by atoms with Crippen molar-refractivity contribution >= 4 is 17.5 Å². The van der Waals surface area contributed by atoms with Crippen LogP contribution >= 0.6 is 11.8 Å². The Hall–Kier alpha value is -0.700. The fourth-order valence-corrected chi connectivity index (χ4v) is 5.42. The summed E-state index contributed by atoms with van der Waals surface area (Å²) in [5.74, 6) is 0.711. The molecule has 134 valence electrons. The maximum atomic E-state index is 8.34. The van der Waals surface area contributed by atoms with Gasteiger partial charge in [0, 0.05) is 12.2 Å². The molecule has 2 aliphatic carbocycles. The third-order valence-electron chi connectivity index (χ3n) is 5.84. The second-order valence-electron chi connectivity index (χ2n) is 7.82. The summed E-state index contributed by atoms with van der Waals surface area (Å²) in [6, 6.07) is 0.622. The number of thioether (sulfide) groups is 1. The van der Waals surface area contributed by atoms with Crippen LogP contribution in [0.2, 0.25) is 0 Å². The van der Waals surface area contributed by atoms with Gasteiger partial charge < -0.3 is 5.32 Å². The highest BCUT2D eigenvalue weighted by atomic mass is 32.2. The van der Waals surface area contributed by atoms with Crippen LogP contribution in [0.5, 0.6) is 0 Å². The normalized spacial score (nSPS) is 27.2. The molecule has 2 fully saturated rings. The van der Waals surface area contributed by atoms with Crippen molar-refractivity contribution in [3.63, 3.8) is 0 Å². The lowest BCUT2D eigenvalue weighted by Gasteiger charge is -2.21. The van der Waals surface area contributed by atoms with Crippen LogP contribution in [0.4, 0.5) is 0 Å². The van der Waals surface area contributed by atoms with Crippen LogP contribution in [0.1, 0.15) is 89.9 Å². The molecule has 2 N–H and O–H groups in total. The molecule has 0 radical (unpaired) electrons. The molecule has 0 aromatic rings. The van der Waals surface area contributed by atoms with Gasteiger partial charge in [0.05, 0.1) is 10.6 Å². The quantitative estimate of drug-likeness (QED) is 0.608. The van der Waals surface area contributed by atoms with E-state index in [0.29, 0.717) is 12.0 Å². The minimum atomic E-state index is 0.622. The summed E-state index contributed by atoms with van der Waals surface area (Å²) in [7, 11) is 0. The van der Waals surface area contributed by atoms with E-state index in [4.69, 9.17) is 5.41 Å². The summed E-state index contributed by atoms with van der Waals surface area (Å²) in [5, 5.41) is 12.0. The topological polar surface area (TPSA) is 35.9 Å². The molecule has 3 rings (SSSR count). The molecule has 24 heavy (non-hydrogen) atoms. The van der Waals surface area contributed by atoms with Crippen molar-refractivity contribution in [2.75, 3.05) is 0 Å². The average molecular weight is 347 g/mol. The lowest BCUT2D eigenvalue weighted by atomic mass is 9.90. The van der Waals surface area contributed by atoms with Gasteiger partial charge in [0.25, 0.3) is 0 Å². The van der Waals surface area contributed by atoms with E-state index in [1.165, 1.54) is 94.8 Å². The highest BCUT2D eigenvalue weighted by Gasteiger charge is 2.24. The van der Waals surface area contributed by atoms with E-state index < -0.39 is 0 Å². The second-order valence-corrected chi connectivity index (χ2v) is 8.94. The van der Waals surface area contributed by atoms with Crippen molar-refractivity contribution in [2.24, 2.45) is 5.92 Å². The first-order chi connectivity index (χ1) is 11.8. The summed E-state index contributed by atoms with van der Waals surface area (Å²) in [4.78, 5) is 2.61. The van der Waals surface area contributed by atoms with Gasteiger partial charge in [-0.15, -0.1) is 0 Å². The molecule has 0 aromatic heterocycles. The lowest BCUT2D eigenvalue weighted by Crippen LogP contribution is -2.25. The van der Waals surface area contributed by atoms with E-state index in [2.05, 4.69) is 17.6 Å². The van der Waals surface area contributed by atoms with Gasteiger partial charge in [0.2, 0.25) is 0 Å². The SMILES string of the molecule is N=C1C=C(C2CCCCCCC2)S/C1=C/NC1CCCCCCC1. The van der Waals surface area contributed by atoms with Gasteiger partial charge in [0.15, 0.2) is 0 Å². The van der Waals surface area contributed by atoms with Gasteiger partial charge in [-0.3, -0.25) is 5.41 Å². The second kappa shape index (κ2) is 9.70. The third kappa shape index (κ3) is 5.40. The molecule has 2 nitrogen and oxygen atoms in total. The highest BCUT2D eigenvalue weighted by Crippen LogP contribution is 2.42. The Morgan fingerprint density at radius 2 is 1.38 bits per heavy atom. The summed E-state index contributed by atoms with van der Waals surface area (Å²) in [6.07, 6.45) is 23.5. The first-order valence-electron chi connectivity index (χ1n) is 10.3. The summed E-state index contributed by atoms with van der Waals surface area (Å²) >= 11 is 1.87. The summed E-state index contributed by atoms with van der Waals surface area (Å²) < 4.78 is 0. The van der Waals surface area contributed by atoms with Crippen LogP contribution in [-0.4, -0.2) is 11.8 Å². The van der Waals surface area contributed by atoms with Gasteiger partial charge in [0.1, 0.15) is 0 Å². The van der Waals surface area contributed by atoms with Gasteiger partial charge in [-0.05, 0) is 42.6 Å². The average Bonchev–Trinajstić information content (AvgIpc) is 2.87. The third-order valence-corrected chi connectivity index (χ3v) is 7.09. The van der Waals surface area contributed by atoms with E-state index in [-0.39, 0.29) is 0 Å². The fraction of sp³-hybridized carbons (Fsp3) is 0.762. The van der Waals surface area contributed by atoms with Crippen LogP contribution in [0.15, 0.2) is 22.1 Å². The standard InChI is InChI=1S/C21H34N2S/c22-19-15-20(17-11-7-3-1-4-8-12-17)24-21(19)16-23-18-13-9-5-2-6-10-14-18/h15-18,22-23H,1-14H2/b21-16+,22-19?. The van der Waals surface area contributed by atoms with Gasteiger partial charge in [-0.1, -0.05) is 76.0 Å². The van der Waals surface area contributed by atoms with Crippen LogP contribution in [0, 0.1) is 11.3 Å². The molecule has 0 atom stereocenters. The Kier molecular flexibility index (Phi) is 7.31. The first-order valence-corrected chi connectivity index (χ1v) is 11.1. The molecule has 0 aromatic carbocycles. The molecule has 0 amide bonds. The van der Waals surface area contributed by atoms with E-state index in [9.17, 15) is 0 Å². The van der Waals surface area contributed by atoms with Crippen molar-refractivity contribution in [3.05, 3.63) is 22.1 Å². The van der Waals surface area contributed by atoms with Gasteiger partial charge in [-0.25, -0.2) is 0 Å². The van der Waals surface area contributed by atoms with Crippen LogP contribution in [0.25, 0.3) is 0 Å². The smallest absolute Gasteiger partial charge is 0.0701 e. The van der Waals surface area contributed by atoms with Crippen LogP contribution in [-0.2, 0) is 0 Å². The number of nitrogens with one attached hydrogen (secondary N) is 2. The zero-order valence-corrected chi connectivity index (χ0v) is 15.9. The zero-order chi connectivity index (χ0) is 16.6. The molecule has 3 heteroatoms. The summed E-state index contributed by atoms with van der Waals surface area (Å²) in [6.45, 7) is 0. The van der Waals surface area contributed by atoms with Crippen LogP contribution in [0.3, 0.4) is 0 Å². The van der Waals surface area contributed by atoms with Crippen molar-refractivity contribution in [2.45, 2.75) is 95.9 Å². The number of hydrogen-bond donors (Lipinski definition) is 2. The Balaban J connectivity index is 1.53. The molecular weight excluding hydrogens is 312 g/mol. The van der Waals surface area contributed by atoms with Crippen molar-refractivity contribution < 1.29 is 0 Å². The largest absolute Gasteiger partial charge is 0.387 e. The zero-order valence-electron chi connectivity index (χ0n) is 15.1. The van der Waals surface area contributed by atoms with E-state index in [1.807, 2.05) is 11.8 Å². The predicted molar refractivity (Wildman–Crippen MR) is 107 cm³/mol. The minimum Gasteiger partial charge on any atom is -0.387 e. The number of rotatable bonds is 3. The van der Waals surface area contributed by atoms with Crippen molar-refractivity contribution in [1.82, 2.24) is 5.32 Å². The Morgan fingerprint density at radius 1 is 0.833 bits per heavy atom. The van der Waals surface area contributed by atoms with Gasteiger partial charge in [-0.2, -0.15) is 0 Å². The van der Waals surface area contributed by atoms with Crippen molar-refractivity contribution in [1.29, 1.82) is 5.41 Å². The molecule has 0 spiro atoms. The molecule has 3 aliphatic rings. The molecule has 1 heterocycles. The fourth-order valence-electron chi connectivity index (χ4n) is 4.29. The van der Waals surface area contributed by atoms with Crippen LogP contribution < -0.4 is 5.32 Å². The van der Waals surface area contributed by atoms with E-state index in [0.717, 1.165) is 10.6 Å². The monoisotopic (exact) mass is 346 g/mol. The molecule has 0 bridgehead atoms. The summed E-state index contributed by atoms with van der Waals surface area (Å²) in [5.41, 5.74) is 0.732. The maximum Gasteiger partial charge on any atom is 0.0701 e.